The van der Waals surface area contributed by atoms with Crippen LogP contribution in [-0.2, 0) is 16.3 Å². The van der Waals surface area contributed by atoms with Crippen molar-refractivity contribution in [1.29, 1.82) is 0 Å². The lowest BCUT2D eigenvalue weighted by Crippen LogP contribution is -2.31. The van der Waals surface area contributed by atoms with Crippen molar-refractivity contribution in [2.75, 3.05) is 31.5 Å². The molecule has 0 saturated carbocycles. The van der Waals surface area contributed by atoms with Gasteiger partial charge < -0.3 is 4.52 Å². The first-order valence-electron chi connectivity index (χ1n) is 5.06. The highest BCUT2D eigenvalue weighted by Crippen LogP contribution is 2.51. The van der Waals surface area contributed by atoms with Crippen LogP contribution in [0.1, 0.15) is 13.3 Å². The summed E-state index contributed by atoms with van der Waals surface area (Å²) in [4.78, 5) is 0. The fourth-order valence-corrected chi connectivity index (χ4v) is 5.43. The first-order valence-corrected chi connectivity index (χ1v) is 8.80. The lowest BCUT2D eigenvalue weighted by atomic mass is 10.3. The maximum atomic E-state index is 5.75. The van der Waals surface area contributed by atoms with E-state index >= 15 is 0 Å². The molecule has 1 N–H and O–H groups in total. The van der Waals surface area contributed by atoms with E-state index < -0.39 is 6.57 Å². The van der Waals surface area contributed by atoms with Crippen LogP contribution in [0.2, 0.25) is 0 Å². The van der Waals surface area contributed by atoms with Crippen LogP contribution in [0.15, 0.2) is 0 Å². The van der Waals surface area contributed by atoms with Crippen molar-refractivity contribution >= 4 is 41.6 Å². The molecular weight excluding hydrogens is 274 g/mol. The second-order valence-corrected chi connectivity index (χ2v) is 7.75. The largest absolute Gasteiger partial charge is 0.325 e. The van der Waals surface area contributed by atoms with E-state index in [4.69, 9.17) is 39.5 Å². The standard InChI is InChI=1S/C8H17Cl2N2OPS/c1-2-8-7-13-14(15,11-8)12(5-3-9)6-4-10/h8H,2-7H2,1H3,(H,11,15). The second-order valence-electron chi connectivity index (χ2n) is 3.38. The zero-order valence-electron chi connectivity index (χ0n) is 8.79. The van der Waals surface area contributed by atoms with Crippen LogP contribution in [0, 0.1) is 0 Å². The predicted molar refractivity (Wildman–Crippen MR) is 70.5 cm³/mol. The quantitative estimate of drug-likeness (QED) is 0.600. The Morgan fingerprint density at radius 2 is 2.07 bits per heavy atom. The predicted octanol–water partition coefficient (Wildman–Crippen LogP) is 2.39. The fraction of sp³-hybridized carbons (Fsp3) is 1.00. The normalized spacial score (nSPS) is 31.3. The van der Waals surface area contributed by atoms with Crippen molar-refractivity contribution in [3.63, 3.8) is 0 Å². The molecule has 0 spiro atoms. The summed E-state index contributed by atoms with van der Waals surface area (Å²) in [5.41, 5.74) is 0. The highest BCUT2D eigenvalue weighted by molar-refractivity contribution is 8.10. The molecule has 90 valence electrons. The van der Waals surface area contributed by atoms with Crippen molar-refractivity contribution < 1.29 is 4.52 Å². The first kappa shape index (κ1) is 14.2. The van der Waals surface area contributed by atoms with Gasteiger partial charge in [0.1, 0.15) is 0 Å². The van der Waals surface area contributed by atoms with Gasteiger partial charge in [-0.05, 0) is 18.2 Å². The fourth-order valence-electron chi connectivity index (χ4n) is 1.44. The molecule has 3 nitrogen and oxygen atoms in total. The van der Waals surface area contributed by atoms with E-state index in [1.165, 1.54) is 0 Å². The van der Waals surface area contributed by atoms with Crippen LogP contribution in [0.25, 0.3) is 0 Å². The molecule has 7 heteroatoms. The second kappa shape index (κ2) is 6.75. The summed E-state index contributed by atoms with van der Waals surface area (Å²) in [6.45, 7) is 2.25. The first-order chi connectivity index (χ1) is 7.16. The summed E-state index contributed by atoms with van der Waals surface area (Å²) in [6.07, 6.45) is 1.04. The van der Waals surface area contributed by atoms with Crippen LogP contribution in [0.4, 0.5) is 0 Å². The highest BCUT2D eigenvalue weighted by Gasteiger charge is 2.34. The number of nitrogens with one attached hydrogen (secondary N) is 1. The summed E-state index contributed by atoms with van der Waals surface area (Å²) in [6, 6.07) is 0.379. The molecule has 0 aromatic heterocycles. The molecule has 15 heavy (non-hydrogen) atoms. The zero-order valence-corrected chi connectivity index (χ0v) is 12.0. The minimum absolute atomic E-state index is 0.379. The smallest absolute Gasteiger partial charge is 0.201 e. The Balaban J connectivity index is 2.61. The lowest BCUT2D eigenvalue weighted by molar-refractivity contribution is 0.327. The Labute approximate surface area is 107 Å². The average molecular weight is 291 g/mol. The van der Waals surface area contributed by atoms with Crippen LogP contribution in [0.5, 0.6) is 0 Å². The van der Waals surface area contributed by atoms with E-state index in [9.17, 15) is 0 Å². The summed E-state index contributed by atoms with van der Waals surface area (Å²) in [5.74, 6) is 1.11. The zero-order chi connectivity index (χ0) is 11.3. The summed E-state index contributed by atoms with van der Waals surface area (Å²) < 4.78 is 7.82. The average Bonchev–Trinajstić information content (AvgIpc) is 2.61. The van der Waals surface area contributed by atoms with Crippen molar-refractivity contribution in [3.8, 4) is 0 Å². The molecule has 1 heterocycles. The highest BCUT2D eigenvalue weighted by atomic mass is 35.5. The number of halogens is 2. The number of alkyl halides is 2. The molecule has 1 rings (SSSR count). The number of nitrogens with zero attached hydrogens (tertiary/aromatic N) is 1. The molecule has 0 aliphatic carbocycles. The molecule has 0 aromatic carbocycles. The van der Waals surface area contributed by atoms with Crippen molar-refractivity contribution in [3.05, 3.63) is 0 Å². The third-order valence-corrected chi connectivity index (χ3v) is 6.35. The van der Waals surface area contributed by atoms with Gasteiger partial charge >= 0.3 is 0 Å². The molecular formula is C8H17Cl2N2OPS. The van der Waals surface area contributed by atoms with E-state index in [-0.39, 0.29) is 0 Å². The summed E-state index contributed by atoms with van der Waals surface area (Å²) in [5, 5.41) is 3.40. The van der Waals surface area contributed by atoms with Gasteiger partial charge in [0.2, 0.25) is 6.57 Å². The Morgan fingerprint density at radius 3 is 2.47 bits per heavy atom. The van der Waals surface area contributed by atoms with Crippen LogP contribution >= 0.6 is 29.8 Å². The van der Waals surface area contributed by atoms with Gasteiger partial charge in [-0.3, -0.25) is 5.09 Å². The molecule has 0 amide bonds. The number of hydrogen-bond donors (Lipinski definition) is 1. The monoisotopic (exact) mass is 290 g/mol. The Bertz CT molecular complexity index is 239. The van der Waals surface area contributed by atoms with E-state index in [0.717, 1.165) is 19.5 Å². The van der Waals surface area contributed by atoms with Gasteiger partial charge in [0.15, 0.2) is 0 Å². The van der Waals surface area contributed by atoms with Gasteiger partial charge in [-0.1, -0.05) is 6.92 Å². The van der Waals surface area contributed by atoms with E-state index in [1.807, 2.05) is 0 Å². The van der Waals surface area contributed by atoms with Crippen LogP contribution < -0.4 is 5.09 Å². The third-order valence-electron chi connectivity index (χ3n) is 2.35. The van der Waals surface area contributed by atoms with E-state index in [1.54, 1.807) is 0 Å². The SMILES string of the molecule is CCC1COP(=S)(N(CCCl)CCCl)N1. The van der Waals surface area contributed by atoms with Crippen molar-refractivity contribution in [2.45, 2.75) is 19.4 Å². The van der Waals surface area contributed by atoms with Crippen molar-refractivity contribution in [1.82, 2.24) is 9.76 Å². The lowest BCUT2D eigenvalue weighted by Gasteiger charge is -2.29. The molecule has 1 aliphatic rings. The molecule has 2 unspecified atom stereocenters. The number of rotatable bonds is 6. The maximum absolute atomic E-state index is 5.75. The maximum Gasteiger partial charge on any atom is 0.201 e. The van der Waals surface area contributed by atoms with Gasteiger partial charge in [0.05, 0.1) is 6.61 Å². The van der Waals surface area contributed by atoms with Crippen LogP contribution in [-0.4, -0.2) is 42.2 Å². The molecule has 0 bridgehead atoms. The van der Waals surface area contributed by atoms with Gasteiger partial charge in [0, 0.05) is 30.9 Å². The van der Waals surface area contributed by atoms with Gasteiger partial charge in [-0.25, -0.2) is 4.67 Å². The summed E-state index contributed by atoms with van der Waals surface area (Å²) in [7, 11) is 0. The molecule has 1 saturated heterocycles. The van der Waals surface area contributed by atoms with Gasteiger partial charge in [0.25, 0.3) is 0 Å². The molecule has 0 radical (unpaired) electrons. The van der Waals surface area contributed by atoms with Crippen molar-refractivity contribution in [2.24, 2.45) is 0 Å². The Morgan fingerprint density at radius 1 is 1.47 bits per heavy atom. The van der Waals surface area contributed by atoms with Gasteiger partial charge in [-0.15, -0.1) is 23.2 Å². The summed E-state index contributed by atoms with van der Waals surface area (Å²) >= 11 is 17.0. The number of hydrogen-bond acceptors (Lipinski definition) is 2. The van der Waals surface area contributed by atoms with E-state index in [0.29, 0.717) is 24.4 Å². The minimum Gasteiger partial charge on any atom is -0.325 e. The molecule has 1 aliphatic heterocycles. The molecule has 2 atom stereocenters. The topological polar surface area (TPSA) is 24.5 Å². The minimum atomic E-state index is -2.04. The molecule has 1 fully saturated rings. The molecule has 0 aromatic rings. The third kappa shape index (κ3) is 3.81. The Kier molecular flexibility index (Phi) is 6.38. The van der Waals surface area contributed by atoms with E-state index in [2.05, 4.69) is 16.7 Å². The Hall–Kier alpha value is 1.11. The van der Waals surface area contributed by atoms with Gasteiger partial charge in [-0.2, -0.15) is 0 Å². The van der Waals surface area contributed by atoms with Crippen LogP contribution in [0.3, 0.4) is 0 Å².